The fraction of sp³-hybridized carbons (Fsp3) is 0.417. The van der Waals surface area contributed by atoms with Gasteiger partial charge in [-0.05, 0) is 49.7 Å². The van der Waals surface area contributed by atoms with Gasteiger partial charge >= 0.3 is 0 Å². The molecule has 190 valence electrons. The van der Waals surface area contributed by atoms with Crippen molar-refractivity contribution in [2.45, 2.75) is 45.2 Å². The molecule has 2 aromatic rings. The summed E-state index contributed by atoms with van der Waals surface area (Å²) in [6, 6.07) is 10.9. The Labute approximate surface area is 210 Å². The molecule has 0 saturated carbocycles. The van der Waals surface area contributed by atoms with Crippen LogP contribution in [0.4, 0.5) is 4.39 Å². The number of hydrogen-bond donors (Lipinski definition) is 1. The lowest BCUT2D eigenvalue weighted by atomic mass is 10.1. The van der Waals surface area contributed by atoms with Gasteiger partial charge in [-0.15, -0.1) is 0 Å². The predicted molar refractivity (Wildman–Crippen MR) is 131 cm³/mol. The molecule has 2 aromatic carbocycles. The molecule has 2 amide bonds. The summed E-state index contributed by atoms with van der Waals surface area (Å²) >= 11 is 6.01. The van der Waals surface area contributed by atoms with E-state index in [0.29, 0.717) is 24.7 Å². The van der Waals surface area contributed by atoms with Gasteiger partial charge in [-0.2, -0.15) is 0 Å². The van der Waals surface area contributed by atoms with Crippen LogP contribution in [0.15, 0.2) is 42.5 Å². The van der Waals surface area contributed by atoms with Crippen LogP contribution < -0.4 is 9.46 Å². The molecule has 1 aliphatic heterocycles. The summed E-state index contributed by atoms with van der Waals surface area (Å²) in [6.07, 6.45) is 0. The Morgan fingerprint density at radius 2 is 1.80 bits per heavy atom. The van der Waals surface area contributed by atoms with Crippen LogP contribution in [0.25, 0.3) is 0 Å². The Balaban J connectivity index is 1.62. The first kappa shape index (κ1) is 26.9. The number of piperazine rings is 1. The van der Waals surface area contributed by atoms with Crippen LogP contribution in [0.3, 0.4) is 0 Å². The van der Waals surface area contributed by atoms with E-state index in [1.807, 2.05) is 18.6 Å². The number of nitrogens with zero attached hydrogens (tertiary/aromatic N) is 2. The van der Waals surface area contributed by atoms with E-state index in [0.717, 1.165) is 12.5 Å². The summed E-state index contributed by atoms with van der Waals surface area (Å²) in [5, 5.41) is 0.302. The normalized spacial score (nSPS) is 18.8. The summed E-state index contributed by atoms with van der Waals surface area (Å²) in [6.45, 7) is 6.61. The van der Waals surface area contributed by atoms with Gasteiger partial charge in [0.05, 0.1) is 5.75 Å². The molecule has 0 bridgehead atoms. The van der Waals surface area contributed by atoms with Gasteiger partial charge in [0.25, 0.3) is 5.91 Å². The molecule has 35 heavy (non-hydrogen) atoms. The maximum atomic E-state index is 13.2. The van der Waals surface area contributed by atoms with Crippen LogP contribution in [0.2, 0.25) is 5.02 Å². The molecule has 0 aromatic heterocycles. The summed E-state index contributed by atoms with van der Waals surface area (Å²) in [4.78, 5) is 28.1. The summed E-state index contributed by atoms with van der Waals surface area (Å²) in [5.41, 5.74) is 1.24. The van der Waals surface area contributed by atoms with Crippen LogP contribution >= 0.6 is 11.6 Å². The van der Waals surface area contributed by atoms with Crippen molar-refractivity contribution in [2.75, 3.05) is 19.7 Å². The molecule has 1 aliphatic rings. The zero-order chi connectivity index (χ0) is 25.8. The van der Waals surface area contributed by atoms with E-state index in [4.69, 9.17) is 16.3 Å². The summed E-state index contributed by atoms with van der Waals surface area (Å²) in [5.74, 6) is -1.52. The minimum absolute atomic E-state index is 0.0763. The Kier molecular flexibility index (Phi) is 8.74. The number of halogens is 2. The number of rotatable bonds is 8. The highest BCUT2D eigenvalue weighted by Crippen LogP contribution is 2.25. The monoisotopic (exact) mass is 525 g/mol. The molecular weight excluding hydrogens is 497 g/mol. The second kappa shape index (κ2) is 11.4. The minimum Gasteiger partial charge on any atom is -0.483 e. The molecule has 1 saturated heterocycles. The van der Waals surface area contributed by atoms with E-state index < -0.39 is 21.7 Å². The van der Waals surface area contributed by atoms with Gasteiger partial charge in [-0.3, -0.25) is 19.2 Å². The van der Waals surface area contributed by atoms with Crippen molar-refractivity contribution in [1.29, 1.82) is 0 Å². The Bertz CT molecular complexity index is 1180. The molecule has 0 spiro atoms. The first-order chi connectivity index (χ1) is 16.4. The molecule has 0 aliphatic carbocycles. The third kappa shape index (κ3) is 7.65. The van der Waals surface area contributed by atoms with Crippen LogP contribution in [0, 0.1) is 5.82 Å². The lowest BCUT2D eigenvalue weighted by Crippen LogP contribution is -2.58. The van der Waals surface area contributed by atoms with E-state index in [1.54, 1.807) is 17.0 Å². The molecular formula is C24H29ClFN3O5S. The average Bonchev–Trinajstić information content (AvgIpc) is 2.75. The topological polar surface area (TPSA) is 96.0 Å². The first-order valence-electron chi connectivity index (χ1n) is 11.1. The second-order valence-corrected chi connectivity index (χ2v) is 10.9. The van der Waals surface area contributed by atoms with E-state index in [-0.39, 0.29) is 41.7 Å². The number of nitrogens with one attached hydrogen (secondary N) is 1. The van der Waals surface area contributed by atoms with Crippen LogP contribution in [0.1, 0.15) is 31.9 Å². The fourth-order valence-electron chi connectivity index (χ4n) is 4.07. The molecule has 2 atom stereocenters. The van der Waals surface area contributed by atoms with Crippen molar-refractivity contribution in [3.05, 3.63) is 64.4 Å². The van der Waals surface area contributed by atoms with E-state index in [9.17, 15) is 22.4 Å². The fourth-order valence-corrected chi connectivity index (χ4v) is 5.41. The van der Waals surface area contributed by atoms with Gasteiger partial charge < -0.3 is 9.64 Å². The van der Waals surface area contributed by atoms with Crippen LogP contribution in [0.5, 0.6) is 5.75 Å². The number of carbonyl (C=O) groups excluding carboxylic acids is 2. The molecule has 8 nitrogen and oxygen atoms in total. The number of amides is 2. The first-order valence-corrected chi connectivity index (χ1v) is 13.2. The van der Waals surface area contributed by atoms with E-state index in [1.165, 1.54) is 30.3 Å². The maximum Gasteiger partial charge on any atom is 0.260 e. The van der Waals surface area contributed by atoms with Crippen molar-refractivity contribution in [3.8, 4) is 5.75 Å². The van der Waals surface area contributed by atoms with E-state index in [2.05, 4.69) is 4.90 Å². The highest BCUT2D eigenvalue weighted by Gasteiger charge is 2.32. The van der Waals surface area contributed by atoms with Crippen molar-refractivity contribution in [2.24, 2.45) is 0 Å². The highest BCUT2D eigenvalue weighted by molar-refractivity contribution is 7.89. The molecule has 1 fully saturated rings. The number of sulfonamides is 1. The highest BCUT2D eigenvalue weighted by atomic mass is 35.5. The van der Waals surface area contributed by atoms with Gasteiger partial charge in [0.15, 0.2) is 6.61 Å². The smallest absolute Gasteiger partial charge is 0.260 e. The van der Waals surface area contributed by atoms with Crippen molar-refractivity contribution >= 4 is 33.4 Å². The molecule has 1 heterocycles. The van der Waals surface area contributed by atoms with Gasteiger partial charge in [0.2, 0.25) is 15.9 Å². The van der Waals surface area contributed by atoms with Crippen molar-refractivity contribution in [1.82, 2.24) is 14.5 Å². The SMILES string of the molecule is CC(=O)NS(=O)(=O)Cc1cc(Cl)ccc1OCC(=O)N1C[C@H](C)N(Cc2ccc(F)cc2)C[C@H]1C. The van der Waals surface area contributed by atoms with Crippen LogP contribution in [-0.2, 0) is 31.9 Å². The number of hydrogen-bond acceptors (Lipinski definition) is 6. The van der Waals surface area contributed by atoms with E-state index >= 15 is 0 Å². The van der Waals surface area contributed by atoms with Gasteiger partial charge in [0, 0.05) is 49.2 Å². The predicted octanol–water partition coefficient (Wildman–Crippen LogP) is 2.95. The lowest BCUT2D eigenvalue weighted by molar-refractivity contribution is -0.139. The molecule has 0 radical (unpaired) electrons. The van der Waals surface area contributed by atoms with Gasteiger partial charge in [0.1, 0.15) is 11.6 Å². The van der Waals surface area contributed by atoms with Crippen molar-refractivity contribution < 1.29 is 27.1 Å². The zero-order valence-corrected chi connectivity index (χ0v) is 21.4. The largest absolute Gasteiger partial charge is 0.483 e. The number of carbonyl (C=O) groups is 2. The molecule has 0 unspecified atom stereocenters. The van der Waals surface area contributed by atoms with Crippen LogP contribution in [-0.4, -0.2) is 61.8 Å². The quantitative estimate of drug-likeness (QED) is 0.569. The molecule has 11 heteroatoms. The molecule has 1 N–H and O–H groups in total. The van der Waals surface area contributed by atoms with Crippen molar-refractivity contribution in [3.63, 3.8) is 0 Å². The number of benzene rings is 2. The standard InChI is InChI=1S/C24H29ClFN3O5S/c1-16-12-29(17(2)11-28(16)13-19-4-7-22(26)8-5-19)24(31)14-34-23-9-6-21(25)10-20(23)15-35(32,33)27-18(3)30/h4-10,16-17H,11-15H2,1-3H3,(H,27,30)/t16-,17+/m0/s1. The Morgan fingerprint density at radius 3 is 2.46 bits per heavy atom. The maximum absolute atomic E-state index is 13.2. The van der Waals surface area contributed by atoms with Gasteiger partial charge in [-0.1, -0.05) is 23.7 Å². The average molecular weight is 526 g/mol. The summed E-state index contributed by atoms with van der Waals surface area (Å²) < 4.78 is 45.2. The number of ether oxygens (including phenoxy) is 1. The Hall–Kier alpha value is -2.69. The minimum atomic E-state index is -3.94. The molecule has 3 rings (SSSR count). The van der Waals surface area contributed by atoms with Gasteiger partial charge in [-0.25, -0.2) is 12.8 Å². The lowest BCUT2D eigenvalue weighted by Gasteiger charge is -2.44. The third-order valence-corrected chi connectivity index (χ3v) is 7.28. The zero-order valence-electron chi connectivity index (χ0n) is 19.8. The third-order valence-electron chi connectivity index (χ3n) is 5.75. The Morgan fingerprint density at radius 1 is 1.11 bits per heavy atom. The summed E-state index contributed by atoms with van der Waals surface area (Å²) in [7, 11) is -3.94. The second-order valence-electron chi connectivity index (χ2n) is 8.76.